The molecule has 4 N–H and O–H groups in total. The quantitative estimate of drug-likeness (QED) is 0.274. The highest BCUT2D eigenvalue weighted by Crippen LogP contribution is 2.19. The molecule has 7 nitrogen and oxygen atoms in total. The summed E-state index contributed by atoms with van der Waals surface area (Å²) in [6.07, 6.45) is 2.90. The maximum absolute atomic E-state index is 11.6. The van der Waals surface area contributed by atoms with E-state index >= 15 is 0 Å². The molecule has 156 valence electrons. The first-order chi connectivity index (χ1) is 13.6. The van der Waals surface area contributed by atoms with Gasteiger partial charge in [0.25, 0.3) is 5.91 Å². The van der Waals surface area contributed by atoms with Crippen LogP contribution in [0.25, 0.3) is 0 Å². The van der Waals surface area contributed by atoms with Gasteiger partial charge in [-0.1, -0.05) is 18.2 Å². The summed E-state index contributed by atoms with van der Waals surface area (Å²) in [5, 5.41) is 5.94. The minimum atomic E-state index is -0.0695. The van der Waals surface area contributed by atoms with E-state index in [2.05, 4.69) is 15.6 Å². The summed E-state index contributed by atoms with van der Waals surface area (Å²) in [5.74, 6) is 1.72. The largest absolute Gasteiger partial charge is 0.497 e. The number of nitrogens with one attached hydrogen (secondary N) is 2. The third-order valence-corrected chi connectivity index (χ3v) is 4.26. The Bertz CT molecular complexity index is 823. The summed E-state index contributed by atoms with van der Waals surface area (Å²) >= 11 is 0. The highest BCUT2D eigenvalue weighted by atomic mass is 127. The molecule has 3 rings (SSSR count). The van der Waals surface area contributed by atoms with Crippen LogP contribution < -0.4 is 25.8 Å². The number of hydrogen-bond acceptors (Lipinski definition) is 4. The van der Waals surface area contributed by atoms with E-state index in [-0.39, 0.29) is 36.5 Å². The van der Waals surface area contributed by atoms with Gasteiger partial charge in [0.15, 0.2) is 12.6 Å². The van der Waals surface area contributed by atoms with Crippen molar-refractivity contribution in [2.24, 2.45) is 10.7 Å². The number of nitrogens with zero attached hydrogens (tertiary/aromatic N) is 1. The van der Waals surface area contributed by atoms with Gasteiger partial charge in [0.2, 0.25) is 0 Å². The predicted octanol–water partition coefficient (Wildman–Crippen LogP) is 2.94. The molecule has 1 amide bonds. The van der Waals surface area contributed by atoms with Crippen molar-refractivity contribution in [1.29, 1.82) is 0 Å². The van der Waals surface area contributed by atoms with Crippen LogP contribution in [0.5, 0.6) is 11.5 Å². The number of carbonyl (C=O) groups is 1. The molecule has 2 aromatic carbocycles. The third-order valence-electron chi connectivity index (χ3n) is 4.26. The molecule has 0 heterocycles. The van der Waals surface area contributed by atoms with E-state index in [1.165, 1.54) is 0 Å². The molecule has 2 aromatic rings. The second-order valence-corrected chi connectivity index (χ2v) is 6.65. The summed E-state index contributed by atoms with van der Waals surface area (Å²) in [5.41, 5.74) is 7.88. The second kappa shape index (κ2) is 11.5. The molecule has 0 spiro atoms. The van der Waals surface area contributed by atoms with Crippen molar-refractivity contribution in [2.45, 2.75) is 25.3 Å². The van der Waals surface area contributed by atoms with Crippen LogP contribution in [0, 0.1) is 0 Å². The Labute approximate surface area is 188 Å². The number of guanidine groups is 1. The molecule has 1 aliphatic rings. The van der Waals surface area contributed by atoms with Crippen molar-refractivity contribution in [3.63, 3.8) is 0 Å². The number of aliphatic imine (C=N–C) groups is 1. The number of nitrogens with two attached hydrogens (primary N) is 1. The number of anilines is 1. The lowest BCUT2D eigenvalue weighted by Crippen LogP contribution is -2.30. The molecule has 1 fully saturated rings. The van der Waals surface area contributed by atoms with Gasteiger partial charge in [-0.2, -0.15) is 0 Å². The predicted molar refractivity (Wildman–Crippen MR) is 125 cm³/mol. The van der Waals surface area contributed by atoms with E-state index in [9.17, 15) is 4.79 Å². The van der Waals surface area contributed by atoms with Crippen LogP contribution in [0.1, 0.15) is 18.4 Å². The summed E-state index contributed by atoms with van der Waals surface area (Å²) < 4.78 is 10.7. The maximum atomic E-state index is 11.6. The standard InChI is InChI=1S/C21H26N4O3.HI/c1-27-19-4-2-3-17(13-19)25-21(22)23-12-11-15-5-9-18(10-6-15)28-14-20(26)24-16-7-8-16;/h2-6,9-10,13,16H,7-8,11-12,14H2,1H3,(H,24,26)(H3,22,23,25);1H. The highest BCUT2D eigenvalue weighted by molar-refractivity contribution is 14.0. The molecule has 0 bridgehead atoms. The van der Waals surface area contributed by atoms with Crippen LogP contribution in [0.15, 0.2) is 53.5 Å². The normalized spacial score (nSPS) is 13.2. The molecule has 0 saturated heterocycles. The molecule has 0 aliphatic heterocycles. The topological polar surface area (TPSA) is 98.0 Å². The lowest BCUT2D eigenvalue weighted by molar-refractivity contribution is -0.123. The van der Waals surface area contributed by atoms with Crippen LogP contribution in [-0.4, -0.2) is 38.2 Å². The van der Waals surface area contributed by atoms with E-state index in [0.29, 0.717) is 24.3 Å². The maximum Gasteiger partial charge on any atom is 0.258 e. The Kier molecular flexibility index (Phi) is 9.04. The molecule has 0 aromatic heterocycles. The highest BCUT2D eigenvalue weighted by Gasteiger charge is 2.23. The number of carbonyl (C=O) groups excluding carboxylic acids is 1. The Morgan fingerprint density at radius 1 is 1.17 bits per heavy atom. The zero-order chi connectivity index (χ0) is 19.8. The van der Waals surface area contributed by atoms with E-state index in [1.807, 2.05) is 48.5 Å². The monoisotopic (exact) mass is 510 g/mol. The van der Waals surface area contributed by atoms with Crippen molar-refractivity contribution >= 4 is 41.5 Å². The first-order valence-corrected chi connectivity index (χ1v) is 9.34. The molecular weight excluding hydrogens is 483 g/mol. The number of rotatable bonds is 9. The minimum Gasteiger partial charge on any atom is -0.497 e. The molecule has 0 unspecified atom stereocenters. The van der Waals surface area contributed by atoms with E-state index in [1.54, 1.807) is 7.11 Å². The molecule has 1 saturated carbocycles. The first kappa shape index (κ1) is 22.8. The number of benzene rings is 2. The summed E-state index contributed by atoms with van der Waals surface area (Å²) in [6.45, 7) is 0.611. The minimum absolute atomic E-state index is 0. The van der Waals surface area contributed by atoms with Gasteiger partial charge in [-0.25, -0.2) is 0 Å². The lowest BCUT2D eigenvalue weighted by atomic mass is 10.1. The van der Waals surface area contributed by atoms with Crippen molar-refractivity contribution in [1.82, 2.24) is 5.32 Å². The average Bonchev–Trinajstić information content (AvgIpc) is 3.51. The molecule has 1 aliphatic carbocycles. The van der Waals surface area contributed by atoms with Gasteiger partial charge in [-0.05, 0) is 49.1 Å². The molecule has 8 heteroatoms. The third kappa shape index (κ3) is 8.18. The van der Waals surface area contributed by atoms with Crippen molar-refractivity contribution in [3.8, 4) is 11.5 Å². The zero-order valence-electron chi connectivity index (χ0n) is 16.4. The van der Waals surface area contributed by atoms with Gasteiger partial charge in [0, 0.05) is 24.3 Å². The average molecular weight is 510 g/mol. The van der Waals surface area contributed by atoms with Crippen LogP contribution >= 0.6 is 24.0 Å². The van der Waals surface area contributed by atoms with Gasteiger partial charge in [-0.15, -0.1) is 24.0 Å². The van der Waals surface area contributed by atoms with Gasteiger partial charge in [-0.3, -0.25) is 9.79 Å². The Morgan fingerprint density at radius 3 is 2.62 bits per heavy atom. The van der Waals surface area contributed by atoms with Gasteiger partial charge in [0.1, 0.15) is 11.5 Å². The molecular formula is C21H27IN4O3. The van der Waals surface area contributed by atoms with Crippen LogP contribution in [0.2, 0.25) is 0 Å². The number of hydrogen-bond donors (Lipinski definition) is 3. The van der Waals surface area contributed by atoms with E-state index in [0.717, 1.165) is 36.3 Å². The van der Waals surface area contributed by atoms with E-state index < -0.39 is 0 Å². The van der Waals surface area contributed by atoms with Crippen molar-refractivity contribution in [3.05, 3.63) is 54.1 Å². The lowest BCUT2D eigenvalue weighted by Gasteiger charge is -2.08. The number of halogens is 1. The zero-order valence-corrected chi connectivity index (χ0v) is 18.7. The van der Waals surface area contributed by atoms with Crippen LogP contribution in [0.4, 0.5) is 5.69 Å². The Balaban J connectivity index is 0.00000300. The number of amides is 1. The first-order valence-electron chi connectivity index (χ1n) is 9.34. The van der Waals surface area contributed by atoms with Crippen molar-refractivity contribution in [2.75, 3.05) is 25.6 Å². The van der Waals surface area contributed by atoms with Gasteiger partial charge < -0.3 is 25.8 Å². The Morgan fingerprint density at radius 2 is 1.93 bits per heavy atom. The fraction of sp³-hybridized carbons (Fsp3) is 0.333. The molecule has 0 radical (unpaired) electrons. The van der Waals surface area contributed by atoms with Crippen molar-refractivity contribution < 1.29 is 14.3 Å². The smallest absolute Gasteiger partial charge is 0.258 e. The SMILES string of the molecule is COc1cccc(NC(N)=NCCc2ccc(OCC(=O)NC3CC3)cc2)c1.I. The Hall–Kier alpha value is -2.49. The summed E-state index contributed by atoms with van der Waals surface area (Å²) in [4.78, 5) is 16.0. The van der Waals surface area contributed by atoms with E-state index in [4.69, 9.17) is 15.2 Å². The number of ether oxygens (including phenoxy) is 2. The second-order valence-electron chi connectivity index (χ2n) is 6.65. The fourth-order valence-corrected chi connectivity index (χ4v) is 2.59. The van der Waals surface area contributed by atoms with Gasteiger partial charge >= 0.3 is 0 Å². The summed E-state index contributed by atoms with van der Waals surface area (Å²) in [6, 6.07) is 15.5. The number of methoxy groups -OCH3 is 1. The van der Waals surface area contributed by atoms with Gasteiger partial charge in [0.05, 0.1) is 7.11 Å². The molecule has 0 atom stereocenters. The van der Waals surface area contributed by atoms with Crippen LogP contribution in [0.3, 0.4) is 0 Å². The molecule has 29 heavy (non-hydrogen) atoms. The van der Waals surface area contributed by atoms with Crippen LogP contribution in [-0.2, 0) is 11.2 Å². The summed E-state index contributed by atoms with van der Waals surface area (Å²) in [7, 11) is 1.62. The fourth-order valence-electron chi connectivity index (χ4n) is 2.59.